The molecule has 3 N–H and O–H groups in total. The van der Waals surface area contributed by atoms with Crippen molar-refractivity contribution in [1.29, 1.82) is 0 Å². The van der Waals surface area contributed by atoms with Crippen LogP contribution in [0.3, 0.4) is 0 Å². The van der Waals surface area contributed by atoms with Crippen molar-refractivity contribution in [3.05, 3.63) is 28.3 Å². The van der Waals surface area contributed by atoms with Gasteiger partial charge in [-0.15, -0.1) is 0 Å². The number of rotatable bonds is 1. The Hall–Kier alpha value is -1.51. The van der Waals surface area contributed by atoms with Gasteiger partial charge in [-0.05, 0) is 55.4 Å². The minimum absolute atomic E-state index is 0.474. The highest BCUT2D eigenvalue weighted by atomic mass is 16.2. The number of amides is 2. The van der Waals surface area contributed by atoms with Crippen LogP contribution in [-0.4, -0.2) is 6.03 Å². The van der Waals surface area contributed by atoms with Crippen LogP contribution in [-0.2, 0) is 12.8 Å². The maximum atomic E-state index is 10.9. The van der Waals surface area contributed by atoms with Crippen molar-refractivity contribution in [3.63, 3.8) is 0 Å². The number of urea groups is 1. The van der Waals surface area contributed by atoms with Gasteiger partial charge < -0.3 is 11.1 Å². The molecule has 18 heavy (non-hydrogen) atoms. The Morgan fingerprint density at radius 3 is 2.50 bits per heavy atom. The summed E-state index contributed by atoms with van der Waals surface area (Å²) in [7, 11) is 0. The highest BCUT2D eigenvalue weighted by Crippen LogP contribution is 2.33. The van der Waals surface area contributed by atoms with Crippen LogP contribution in [0.1, 0.15) is 48.9 Å². The SMILES string of the molecule is CCC.Cc1cc2c(c(NC(N)=O)c1C)CCC2. The molecular formula is C15H24N2O. The van der Waals surface area contributed by atoms with E-state index in [0.29, 0.717) is 0 Å². The highest BCUT2D eigenvalue weighted by molar-refractivity contribution is 5.90. The predicted molar refractivity (Wildman–Crippen MR) is 77.1 cm³/mol. The Morgan fingerprint density at radius 1 is 1.33 bits per heavy atom. The number of hydrogen-bond donors (Lipinski definition) is 2. The van der Waals surface area contributed by atoms with Crippen molar-refractivity contribution in [3.8, 4) is 0 Å². The molecule has 0 atom stereocenters. The van der Waals surface area contributed by atoms with Crippen LogP contribution in [0.15, 0.2) is 6.07 Å². The molecule has 0 fully saturated rings. The van der Waals surface area contributed by atoms with Gasteiger partial charge in [0.1, 0.15) is 0 Å². The first-order valence-electron chi connectivity index (χ1n) is 6.69. The summed E-state index contributed by atoms with van der Waals surface area (Å²) in [5.74, 6) is 0. The number of aryl methyl sites for hydroxylation is 2. The normalized spacial score (nSPS) is 12.4. The Kier molecular flexibility index (Phi) is 5.20. The van der Waals surface area contributed by atoms with Gasteiger partial charge in [0.05, 0.1) is 0 Å². The molecule has 0 aromatic heterocycles. The molecule has 1 aromatic rings. The summed E-state index contributed by atoms with van der Waals surface area (Å²) < 4.78 is 0. The molecule has 1 aromatic carbocycles. The summed E-state index contributed by atoms with van der Waals surface area (Å²) >= 11 is 0. The number of carbonyl (C=O) groups is 1. The number of primary amides is 1. The van der Waals surface area contributed by atoms with E-state index in [-0.39, 0.29) is 0 Å². The van der Waals surface area contributed by atoms with Crippen molar-refractivity contribution in [1.82, 2.24) is 0 Å². The van der Waals surface area contributed by atoms with E-state index in [4.69, 9.17) is 5.73 Å². The molecule has 0 radical (unpaired) electrons. The van der Waals surface area contributed by atoms with Crippen LogP contribution in [0.2, 0.25) is 0 Å². The van der Waals surface area contributed by atoms with Gasteiger partial charge in [0.2, 0.25) is 0 Å². The summed E-state index contributed by atoms with van der Waals surface area (Å²) in [6.45, 7) is 8.35. The van der Waals surface area contributed by atoms with E-state index in [1.807, 2.05) is 6.92 Å². The number of hydrogen-bond acceptors (Lipinski definition) is 1. The standard InChI is InChI=1S/C12H16N2O.C3H8/c1-7-6-9-4-3-5-10(9)11(8(7)2)14-12(13)15;1-3-2/h6H,3-5H2,1-2H3,(H3,13,14,15);3H2,1-2H3. The summed E-state index contributed by atoms with van der Waals surface area (Å²) in [6, 6.07) is 1.75. The lowest BCUT2D eigenvalue weighted by Gasteiger charge is -2.14. The smallest absolute Gasteiger partial charge is 0.316 e. The van der Waals surface area contributed by atoms with Gasteiger partial charge in [-0.25, -0.2) is 4.79 Å². The first-order chi connectivity index (χ1) is 8.51. The zero-order chi connectivity index (χ0) is 13.7. The maximum absolute atomic E-state index is 10.9. The fraction of sp³-hybridized carbons (Fsp3) is 0.533. The third-order valence-corrected chi connectivity index (χ3v) is 3.17. The largest absolute Gasteiger partial charge is 0.351 e. The van der Waals surface area contributed by atoms with Crippen LogP contribution < -0.4 is 11.1 Å². The van der Waals surface area contributed by atoms with Gasteiger partial charge >= 0.3 is 6.03 Å². The molecular weight excluding hydrogens is 224 g/mol. The molecule has 1 aliphatic rings. The minimum atomic E-state index is -0.474. The molecule has 2 rings (SSSR count). The number of benzene rings is 1. The number of anilines is 1. The Balaban J connectivity index is 0.000000492. The molecule has 3 nitrogen and oxygen atoms in total. The van der Waals surface area contributed by atoms with Crippen molar-refractivity contribution < 1.29 is 4.79 Å². The second-order valence-corrected chi connectivity index (χ2v) is 4.88. The number of nitrogens with two attached hydrogens (primary N) is 1. The molecule has 2 amide bonds. The van der Waals surface area contributed by atoms with Crippen LogP contribution >= 0.6 is 0 Å². The van der Waals surface area contributed by atoms with Crippen molar-refractivity contribution in [2.45, 2.75) is 53.4 Å². The Morgan fingerprint density at radius 2 is 1.94 bits per heavy atom. The van der Waals surface area contributed by atoms with E-state index in [9.17, 15) is 4.79 Å². The Bertz CT molecular complexity index is 439. The Labute approximate surface area is 110 Å². The lowest BCUT2D eigenvalue weighted by Crippen LogP contribution is -2.21. The van der Waals surface area contributed by atoms with E-state index in [1.165, 1.54) is 29.5 Å². The summed E-state index contributed by atoms with van der Waals surface area (Å²) in [5.41, 5.74) is 11.1. The molecule has 0 saturated carbocycles. The minimum Gasteiger partial charge on any atom is -0.351 e. The van der Waals surface area contributed by atoms with Gasteiger partial charge in [0, 0.05) is 5.69 Å². The summed E-state index contributed by atoms with van der Waals surface area (Å²) in [4.78, 5) is 10.9. The van der Waals surface area contributed by atoms with Crippen LogP contribution in [0.4, 0.5) is 10.5 Å². The van der Waals surface area contributed by atoms with E-state index in [1.54, 1.807) is 0 Å². The topological polar surface area (TPSA) is 55.1 Å². The second-order valence-electron chi connectivity index (χ2n) is 4.88. The molecule has 0 heterocycles. The quantitative estimate of drug-likeness (QED) is 0.782. The molecule has 0 unspecified atom stereocenters. The monoisotopic (exact) mass is 248 g/mol. The van der Waals surface area contributed by atoms with E-state index < -0.39 is 6.03 Å². The lowest BCUT2D eigenvalue weighted by atomic mass is 9.99. The van der Waals surface area contributed by atoms with E-state index in [0.717, 1.165) is 24.1 Å². The second kappa shape index (κ2) is 6.43. The maximum Gasteiger partial charge on any atom is 0.316 e. The lowest BCUT2D eigenvalue weighted by molar-refractivity contribution is 0.259. The van der Waals surface area contributed by atoms with Crippen LogP contribution in [0, 0.1) is 13.8 Å². The van der Waals surface area contributed by atoms with Crippen LogP contribution in [0.25, 0.3) is 0 Å². The summed E-state index contributed by atoms with van der Waals surface area (Å²) in [5, 5.41) is 2.75. The molecule has 1 aliphatic carbocycles. The summed E-state index contributed by atoms with van der Waals surface area (Å²) in [6.07, 6.45) is 4.58. The zero-order valence-electron chi connectivity index (χ0n) is 11.9. The van der Waals surface area contributed by atoms with E-state index >= 15 is 0 Å². The number of carbonyl (C=O) groups excluding carboxylic acids is 1. The molecule has 0 bridgehead atoms. The first kappa shape index (κ1) is 14.6. The average molecular weight is 248 g/mol. The van der Waals surface area contributed by atoms with Gasteiger partial charge in [-0.2, -0.15) is 0 Å². The van der Waals surface area contributed by atoms with Crippen molar-refractivity contribution in [2.75, 3.05) is 5.32 Å². The van der Waals surface area contributed by atoms with Gasteiger partial charge in [0.25, 0.3) is 0 Å². The predicted octanol–water partition coefficient (Wildman–Crippen LogP) is 3.70. The molecule has 100 valence electrons. The fourth-order valence-corrected chi connectivity index (χ4v) is 2.30. The highest BCUT2D eigenvalue weighted by Gasteiger charge is 2.18. The third-order valence-electron chi connectivity index (χ3n) is 3.17. The zero-order valence-corrected chi connectivity index (χ0v) is 11.9. The van der Waals surface area contributed by atoms with Crippen molar-refractivity contribution >= 4 is 11.7 Å². The number of nitrogens with one attached hydrogen (secondary N) is 1. The van der Waals surface area contributed by atoms with Gasteiger partial charge in [-0.3, -0.25) is 0 Å². The number of fused-ring (bicyclic) bond motifs is 1. The van der Waals surface area contributed by atoms with Gasteiger partial charge in [-0.1, -0.05) is 26.3 Å². The van der Waals surface area contributed by atoms with E-state index in [2.05, 4.69) is 32.2 Å². The average Bonchev–Trinajstić information content (AvgIpc) is 2.73. The molecule has 0 spiro atoms. The van der Waals surface area contributed by atoms with Gasteiger partial charge in [0.15, 0.2) is 0 Å². The third kappa shape index (κ3) is 3.25. The molecule has 0 saturated heterocycles. The van der Waals surface area contributed by atoms with Crippen LogP contribution in [0.5, 0.6) is 0 Å². The molecule has 3 heteroatoms. The van der Waals surface area contributed by atoms with Crippen molar-refractivity contribution in [2.24, 2.45) is 5.73 Å². The molecule has 0 aliphatic heterocycles. The fourth-order valence-electron chi connectivity index (χ4n) is 2.30. The first-order valence-corrected chi connectivity index (χ1v) is 6.69.